The van der Waals surface area contributed by atoms with Crippen LogP contribution >= 0.6 is 11.6 Å². The number of hydrogen-bond acceptors (Lipinski definition) is 3. The maximum atomic E-state index is 10.2. The van der Waals surface area contributed by atoms with Crippen molar-refractivity contribution in [3.63, 3.8) is 0 Å². The molecule has 10 heavy (non-hydrogen) atoms. The van der Waals surface area contributed by atoms with Crippen LogP contribution in [0, 0.1) is 0 Å². The first kappa shape index (κ1) is 9.46. The Morgan fingerprint density at radius 2 is 2.40 bits per heavy atom. The molecular weight excluding hydrogens is 156 g/mol. The summed E-state index contributed by atoms with van der Waals surface area (Å²) in [6.07, 6.45) is 1.15. The average molecular weight is 165 g/mol. The molecule has 0 aromatic heterocycles. The number of allylic oxidation sites excluding steroid dienone is 2. The second-order valence-electron chi connectivity index (χ2n) is 1.63. The summed E-state index contributed by atoms with van der Waals surface area (Å²) in [5.41, 5.74) is 0. The van der Waals surface area contributed by atoms with E-state index in [9.17, 15) is 4.79 Å². The van der Waals surface area contributed by atoms with Gasteiger partial charge in [-0.3, -0.25) is 4.79 Å². The third-order valence-electron chi connectivity index (χ3n) is 0.738. The fourth-order valence-electron chi connectivity index (χ4n) is 0.408. The molecule has 4 heteroatoms. The number of aliphatic hydroxyl groups excluding tert-OH is 1. The molecule has 0 aliphatic heterocycles. The summed E-state index contributed by atoms with van der Waals surface area (Å²) < 4.78 is 4.81. The minimum absolute atomic E-state index is 0.0678. The summed E-state index contributed by atoms with van der Waals surface area (Å²) in [4.78, 5) is 10.2. The monoisotopic (exact) mass is 164 g/mol. The molecule has 0 aliphatic carbocycles. The van der Waals surface area contributed by atoms with E-state index in [2.05, 4.69) is 0 Å². The number of rotatable bonds is 4. The molecule has 0 unspecified atom stereocenters. The number of halogens is 1. The van der Waals surface area contributed by atoms with Crippen LogP contribution < -0.4 is 0 Å². The van der Waals surface area contributed by atoms with E-state index in [1.807, 2.05) is 0 Å². The first-order chi connectivity index (χ1) is 4.66. The summed E-state index contributed by atoms with van der Waals surface area (Å²) in [5, 5.41) is 7.71. The lowest BCUT2D eigenvalue weighted by Gasteiger charge is -2.00. The van der Waals surface area contributed by atoms with Crippen molar-refractivity contribution < 1.29 is 14.6 Å². The number of carbonyl (C=O) groups excluding carboxylic acids is 1. The molecule has 0 aromatic carbocycles. The van der Waals surface area contributed by atoms with Crippen molar-refractivity contribution in [3.05, 3.63) is 11.8 Å². The van der Waals surface area contributed by atoms with Crippen LogP contribution in [-0.4, -0.2) is 23.6 Å². The summed E-state index contributed by atoms with van der Waals surface area (Å²) in [6.45, 7) is 1.71. The standard InChI is InChI=1S/C6H9ClO3/c1-5(4-6(7)9)10-3-2-8/h4,8H,2-3H2,1H3. The van der Waals surface area contributed by atoms with Gasteiger partial charge in [0.25, 0.3) is 0 Å². The Labute approximate surface area is 64.2 Å². The minimum atomic E-state index is -0.574. The Balaban J connectivity index is 3.60. The zero-order valence-electron chi connectivity index (χ0n) is 5.63. The Hall–Kier alpha value is -0.540. The molecule has 0 aliphatic rings. The van der Waals surface area contributed by atoms with Gasteiger partial charge in [-0.1, -0.05) is 0 Å². The van der Waals surface area contributed by atoms with Crippen molar-refractivity contribution in [2.75, 3.05) is 13.2 Å². The van der Waals surface area contributed by atoms with Gasteiger partial charge in [-0.05, 0) is 18.5 Å². The molecule has 3 nitrogen and oxygen atoms in total. The highest BCUT2D eigenvalue weighted by Crippen LogP contribution is 1.96. The Morgan fingerprint density at radius 1 is 1.80 bits per heavy atom. The second-order valence-corrected chi connectivity index (χ2v) is 2.00. The van der Waals surface area contributed by atoms with E-state index in [0.29, 0.717) is 5.76 Å². The Kier molecular flexibility index (Phi) is 4.98. The zero-order chi connectivity index (χ0) is 7.98. The van der Waals surface area contributed by atoms with Gasteiger partial charge in [0.05, 0.1) is 12.4 Å². The molecule has 0 atom stereocenters. The van der Waals surface area contributed by atoms with Crippen LogP contribution in [0.5, 0.6) is 0 Å². The first-order valence-corrected chi connectivity index (χ1v) is 3.16. The van der Waals surface area contributed by atoms with Crippen molar-refractivity contribution in [1.82, 2.24) is 0 Å². The molecule has 0 spiro atoms. The van der Waals surface area contributed by atoms with Gasteiger partial charge in [-0.25, -0.2) is 0 Å². The molecule has 0 heterocycles. The summed E-state index contributed by atoms with van der Waals surface area (Å²) >= 11 is 4.99. The van der Waals surface area contributed by atoms with Crippen molar-refractivity contribution in [3.8, 4) is 0 Å². The van der Waals surface area contributed by atoms with Crippen molar-refractivity contribution in [2.24, 2.45) is 0 Å². The third kappa shape index (κ3) is 5.59. The molecule has 0 bridgehead atoms. The highest BCUT2D eigenvalue weighted by molar-refractivity contribution is 6.66. The molecule has 1 N–H and O–H groups in total. The summed E-state index contributed by atoms with van der Waals surface area (Å²) in [5.74, 6) is 0.411. The van der Waals surface area contributed by atoms with Crippen LogP contribution in [0.4, 0.5) is 0 Å². The van der Waals surface area contributed by atoms with Crippen LogP contribution in [0.25, 0.3) is 0 Å². The lowest BCUT2D eigenvalue weighted by atomic mass is 10.5. The fraction of sp³-hybridized carbons (Fsp3) is 0.500. The quantitative estimate of drug-likeness (QED) is 0.377. The normalized spacial score (nSPS) is 11.3. The van der Waals surface area contributed by atoms with Crippen LogP contribution in [0.3, 0.4) is 0 Å². The van der Waals surface area contributed by atoms with E-state index in [0.717, 1.165) is 6.08 Å². The largest absolute Gasteiger partial charge is 0.496 e. The van der Waals surface area contributed by atoms with E-state index < -0.39 is 5.24 Å². The Bertz CT molecular complexity index is 142. The zero-order valence-corrected chi connectivity index (χ0v) is 6.39. The van der Waals surface area contributed by atoms with Gasteiger partial charge in [0.1, 0.15) is 6.61 Å². The topological polar surface area (TPSA) is 46.5 Å². The molecule has 0 amide bonds. The van der Waals surface area contributed by atoms with Gasteiger partial charge >= 0.3 is 0 Å². The van der Waals surface area contributed by atoms with E-state index >= 15 is 0 Å². The molecule has 0 aromatic rings. The number of aliphatic hydroxyl groups is 1. The number of carbonyl (C=O) groups is 1. The highest BCUT2D eigenvalue weighted by atomic mass is 35.5. The lowest BCUT2D eigenvalue weighted by molar-refractivity contribution is -0.107. The second kappa shape index (κ2) is 5.26. The molecule has 0 saturated heterocycles. The maximum Gasteiger partial charge on any atom is 0.248 e. The van der Waals surface area contributed by atoms with Gasteiger partial charge in [-0.15, -0.1) is 0 Å². The van der Waals surface area contributed by atoms with Crippen molar-refractivity contribution >= 4 is 16.8 Å². The highest BCUT2D eigenvalue weighted by Gasteiger charge is 1.92. The SMILES string of the molecule is CC(=CC(=O)Cl)OCCO. The van der Waals surface area contributed by atoms with Gasteiger partial charge in [0.2, 0.25) is 5.24 Å². The summed E-state index contributed by atoms with van der Waals surface area (Å²) in [6, 6.07) is 0. The molecule has 0 radical (unpaired) electrons. The van der Waals surface area contributed by atoms with E-state index in [4.69, 9.17) is 21.4 Å². The van der Waals surface area contributed by atoms with Crippen LogP contribution in [-0.2, 0) is 9.53 Å². The maximum absolute atomic E-state index is 10.2. The van der Waals surface area contributed by atoms with Gasteiger partial charge in [-0.2, -0.15) is 0 Å². The number of hydrogen-bond donors (Lipinski definition) is 1. The van der Waals surface area contributed by atoms with E-state index in [-0.39, 0.29) is 13.2 Å². The fourth-order valence-corrected chi connectivity index (χ4v) is 0.562. The first-order valence-electron chi connectivity index (χ1n) is 2.78. The molecular formula is C6H9ClO3. The lowest BCUT2D eigenvalue weighted by Crippen LogP contribution is -1.97. The van der Waals surface area contributed by atoms with Crippen LogP contribution in [0.1, 0.15) is 6.92 Å². The van der Waals surface area contributed by atoms with Crippen molar-refractivity contribution in [2.45, 2.75) is 6.92 Å². The van der Waals surface area contributed by atoms with E-state index in [1.165, 1.54) is 0 Å². The van der Waals surface area contributed by atoms with Gasteiger partial charge in [0.15, 0.2) is 0 Å². The predicted octanol–water partition coefficient (Wildman–Crippen LogP) is 0.665. The van der Waals surface area contributed by atoms with E-state index in [1.54, 1.807) is 6.92 Å². The van der Waals surface area contributed by atoms with Crippen molar-refractivity contribution in [1.29, 1.82) is 0 Å². The van der Waals surface area contributed by atoms with Gasteiger partial charge < -0.3 is 9.84 Å². The molecule has 0 fully saturated rings. The Morgan fingerprint density at radius 3 is 2.80 bits per heavy atom. The van der Waals surface area contributed by atoms with Crippen LogP contribution in [0.2, 0.25) is 0 Å². The summed E-state index contributed by atoms with van der Waals surface area (Å²) in [7, 11) is 0. The minimum Gasteiger partial charge on any atom is -0.496 e. The average Bonchev–Trinajstić information content (AvgIpc) is 1.82. The third-order valence-corrected chi connectivity index (χ3v) is 0.847. The predicted molar refractivity (Wildman–Crippen MR) is 37.7 cm³/mol. The molecule has 0 rings (SSSR count). The van der Waals surface area contributed by atoms with Crippen LogP contribution in [0.15, 0.2) is 11.8 Å². The molecule has 58 valence electrons. The molecule has 0 saturated carbocycles. The smallest absolute Gasteiger partial charge is 0.248 e. The number of ether oxygens (including phenoxy) is 1. The van der Waals surface area contributed by atoms with Gasteiger partial charge in [0, 0.05) is 6.08 Å².